The molecular weight excluding hydrogens is 295 g/mol. The SMILES string of the molecule is CCCc1cc(NC)c2c(F)c(Br)cc(C)c2n1. The molecule has 18 heavy (non-hydrogen) atoms. The van der Waals surface area contributed by atoms with Gasteiger partial charge in [0.1, 0.15) is 5.82 Å². The van der Waals surface area contributed by atoms with Crippen LogP contribution in [0, 0.1) is 12.7 Å². The number of fused-ring (bicyclic) bond motifs is 1. The highest BCUT2D eigenvalue weighted by Gasteiger charge is 2.14. The number of hydrogen-bond acceptors (Lipinski definition) is 2. The molecule has 0 bridgehead atoms. The number of anilines is 1. The Morgan fingerprint density at radius 3 is 2.72 bits per heavy atom. The third-order valence-electron chi connectivity index (χ3n) is 2.99. The van der Waals surface area contributed by atoms with Crippen molar-refractivity contribution in [2.24, 2.45) is 0 Å². The number of rotatable bonds is 3. The molecule has 0 radical (unpaired) electrons. The van der Waals surface area contributed by atoms with Crippen LogP contribution >= 0.6 is 15.9 Å². The van der Waals surface area contributed by atoms with E-state index in [2.05, 4.69) is 33.2 Å². The minimum absolute atomic E-state index is 0.254. The number of pyridine rings is 1. The van der Waals surface area contributed by atoms with Crippen molar-refractivity contribution in [3.05, 3.63) is 33.7 Å². The van der Waals surface area contributed by atoms with Crippen LogP contribution in [-0.4, -0.2) is 12.0 Å². The van der Waals surface area contributed by atoms with Gasteiger partial charge in [-0.3, -0.25) is 4.98 Å². The van der Waals surface area contributed by atoms with Gasteiger partial charge in [0.05, 0.1) is 15.4 Å². The Morgan fingerprint density at radius 2 is 2.11 bits per heavy atom. The standard InChI is InChI=1S/C14H16BrFN2/c1-4-5-9-7-11(17-3)12-13(16)10(15)6-8(2)14(12)18-9/h6-7H,4-5H2,1-3H3,(H,17,18). The second kappa shape index (κ2) is 5.22. The summed E-state index contributed by atoms with van der Waals surface area (Å²) in [4.78, 5) is 4.57. The molecule has 1 heterocycles. The molecule has 2 rings (SSSR count). The maximum absolute atomic E-state index is 14.2. The molecule has 4 heteroatoms. The van der Waals surface area contributed by atoms with E-state index in [1.54, 1.807) is 13.1 Å². The van der Waals surface area contributed by atoms with E-state index in [1.807, 2.05) is 13.0 Å². The highest BCUT2D eigenvalue weighted by molar-refractivity contribution is 9.10. The average Bonchev–Trinajstić information content (AvgIpc) is 2.35. The lowest BCUT2D eigenvalue weighted by Crippen LogP contribution is -2.00. The smallest absolute Gasteiger partial charge is 0.148 e. The maximum Gasteiger partial charge on any atom is 0.148 e. The summed E-state index contributed by atoms with van der Waals surface area (Å²) in [6.07, 6.45) is 1.93. The molecule has 0 amide bonds. The predicted molar refractivity (Wildman–Crippen MR) is 77.7 cm³/mol. The Hall–Kier alpha value is -1.16. The molecule has 2 nitrogen and oxygen atoms in total. The van der Waals surface area contributed by atoms with E-state index < -0.39 is 0 Å². The summed E-state index contributed by atoms with van der Waals surface area (Å²) in [6.45, 7) is 4.06. The van der Waals surface area contributed by atoms with Gasteiger partial charge in [0.2, 0.25) is 0 Å². The fourth-order valence-corrected chi connectivity index (χ4v) is 2.67. The van der Waals surface area contributed by atoms with Crippen molar-refractivity contribution in [2.45, 2.75) is 26.7 Å². The Morgan fingerprint density at radius 1 is 1.39 bits per heavy atom. The van der Waals surface area contributed by atoms with Crippen LogP contribution in [0.3, 0.4) is 0 Å². The van der Waals surface area contributed by atoms with E-state index in [9.17, 15) is 4.39 Å². The zero-order valence-corrected chi connectivity index (χ0v) is 12.4. The topological polar surface area (TPSA) is 24.9 Å². The van der Waals surface area contributed by atoms with Crippen molar-refractivity contribution in [1.29, 1.82) is 0 Å². The first kappa shape index (κ1) is 13.3. The zero-order chi connectivity index (χ0) is 13.3. The van der Waals surface area contributed by atoms with Gasteiger partial charge < -0.3 is 5.32 Å². The van der Waals surface area contributed by atoms with Crippen LogP contribution in [-0.2, 0) is 6.42 Å². The van der Waals surface area contributed by atoms with E-state index in [-0.39, 0.29) is 5.82 Å². The third kappa shape index (κ3) is 2.21. The van der Waals surface area contributed by atoms with Gasteiger partial charge >= 0.3 is 0 Å². The monoisotopic (exact) mass is 310 g/mol. The summed E-state index contributed by atoms with van der Waals surface area (Å²) in [5, 5.41) is 3.62. The van der Waals surface area contributed by atoms with Crippen molar-refractivity contribution in [1.82, 2.24) is 4.98 Å². The highest BCUT2D eigenvalue weighted by Crippen LogP contribution is 2.32. The number of aromatic nitrogens is 1. The lowest BCUT2D eigenvalue weighted by atomic mass is 10.1. The molecule has 2 aromatic rings. The van der Waals surface area contributed by atoms with Crippen LogP contribution < -0.4 is 5.32 Å². The lowest BCUT2D eigenvalue weighted by molar-refractivity contribution is 0.633. The van der Waals surface area contributed by atoms with Crippen molar-refractivity contribution in [2.75, 3.05) is 12.4 Å². The molecule has 0 saturated heterocycles. The molecule has 0 aliphatic rings. The third-order valence-corrected chi connectivity index (χ3v) is 3.57. The normalized spacial score (nSPS) is 10.9. The van der Waals surface area contributed by atoms with Gasteiger partial charge in [0.25, 0.3) is 0 Å². The molecule has 1 N–H and O–H groups in total. The van der Waals surface area contributed by atoms with E-state index in [4.69, 9.17) is 0 Å². The summed E-state index contributed by atoms with van der Waals surface area (Å²) in [5.74, 6) is -0.254. The average molecular weight is 311 g/mol. The first-order valence-corrected chi connectivity index (χ1v) is 6.83. The first-order valence-electron chi connectivity index (χ1n) is 6.04. The summed E-state index contributed by atoms with van der Waals surface area (Å²) in [5.41, 5.74) is 3.52. The Kier molecular flexibility index (Phi) is 3.85. The number of halogens is 2. The summed E-state index contributed by atoms with van der Waals surface area (Å²) < 4.78 is 14.7. The minimum Gasteiger partial charge on any atom is -0.387 e. The predicted octanol–water partition coefficient (Wildman–Crippen LogP) is 4.44. The number of benzene rings is 1. The van der Waals surface area contributed by atoms with Crippen LogP contribution in [0.25, 0.3) is 10.9 Å². The van der Waals surface area contributed by atoms with Crippen LogP contribution in [0.2, 0.25) is 0 Å². The molecule has 0 fully saturated rings. The van der Waals surface area contributed by atoms with Crippen molar-refractivity contribution < 1.29 is 4.39 Å². The van der Waals surface area contributed by atoms with E-state index in [0.29, 0.717) is 9.86 Å². The molecule has 0 aliphatic carbocycles. The fourth-order valence-electron chi connectivity index (χ4n) is 2.13. The first-order chi connectivity index (χ1) is 8.58. The van der Waals surface area contributed by atoms with Crippen LogP contribution in [0.15, 0.2) is 16.6 Å². The zero-order valence-electron chi connectivity index (χ0n) is 10.8. The van der Waals surface area contributed by atoms with Crippen molar-refractivity contribution in [3.8, 4) is 0 Å². The number of nitrogens with zero attached hydrogens (tertiary/aromatic N) is 1. The second-order valence-corrected chi connectivity index (χ2v) is 5.23. The van der Waals surface area contributed by atoms with Gasteiger partial charge in [-0.2, -0.15) is 0 Å². The molecule has 96 valence electrons. The molecule has 0 atom stereocenters. The van der Waals surface area contributed by atoms with Gasteiger partial charge in [-0.15, -0.1) is 0 Å². The van der Waals surface area contributed by atoms with Gasteiger partial charge in [0.15, 0.2) is 0 Å². The minimum atomic E-state index is -0.254. The Balaban J connectivity index is 2.82. The molecule has 0 unspecified atom stereocenters. The molecular formula is C14H16BrFN2. The van der Waals surface area contributed by atoms with Gasteiger partial charge in [0, 0.05) is 18.4 Å². The lowest BCUT2D eigenvalue weighted by Gasteiger charge is -2.12. The van der Waals surface area contributed by atoms with Crippen LogP contribution in [0.4, 0.5) is 10.1 Å². The van der Waals surface area contributed by atoms with Gasteiger partial charge in [-0.1, -0.05) is 13.3 Å². The molecule has 0 saturated carbocycles. The summed E-state index contributed by atoms with van der Waals surface area (Å²) >= 11 is 3.25. The van der Waals surface area contributed by atoms with Crippen molar-refractivity contribution in [3.63, 3.8) is 0 Å². The van der Waals surface area contributed by atoms with Gasteiger partial charge in [-0.25, -0.2) is 4.39 Å². The molecule has 0 aliphatic heterocycles. The van der Waals surface area contributed by atoms with Gasteiger partial charge in [-0.05, 0) is 47.0 Å². The number of aryl methyl sites for hydroxylation is 2. The Labute approximate surface area is 115 Å². The Bertz CT molecular complexity index is 596. The molecule has 0 spiro atoms. The molecule has 1 aromatic heterocycles. The fraction of sp³-hybridized carbons (Fsp3) is 0.357. The van der Waals surface area contributed by atoms with E-state index in [1.165, 1.54) is 0 Å². The number of hydrogen-bond donors (Lipinski definition) is 1. The number of nitrogens with one attached hydrogen (secondary N) is 1. The van der Waals surface area contributed by atoms with Crippen LogP contribution in [0.5, 0.6) is 0 Å². The van der Waals surface area contributed by atoms with E-state index >= 15 is 0 Å². The van der Waals surface area contributed by atoms with Crippen LogP contribution in [0.1, 0.15) is 24.6 Å². The highest BCUT2D eigenvalue weighted by atomic mass is 79.9. The second-order valence-electron chi connectivity index (χ2n) is 4.37. The largest absolute Gasteiger partial charge is 0.387 e. The summed E-state index contributed by atoms with van der Waals surface area (Å²) in [6, 6.07) is 3.71. The maximum atomic E-state index is 14.2. The van der Waals surface area contributed by atoms with E-state index in [0.717, 1.165) is 35.3 Å². The summed E-state index contributed by atoms with van der Waals surface area (Å²) in [7, 11) is 1.81. The van der Waals surface area contributed by atoms with Crippen molar-refractivity contribution >= 4 is 32.5 Å². The quantitative estimate of drug-likeness (QED) is 0.906. The molecule has 1 aromatic carbocycles.